The highest BCUT2D eigenvalue weighted by atomic mass is 15.1. The summed E-state index contributed by atoms with van der Waals surface area (Å²) in [6.45, 7) is 4.36. The van der Waals surface area contributed by atoms with E-state index in [9.17, 15) is 0 Å². The third kappa shape index (κ3) is 3.65. The predicted octanol–water partition coefficient (Wildman–Crippen LogP) is 1.85. The van der Waals surface area contributed by atoms with Crippen molar-refractivity contribution in [2.45, 2.75) is 45.1 Å². The van der Waals surface area contributed by atoms with Gasteiger partial charge in [-0.1, -0.05) is 19.8 Å². The minimum absolute atomic E-state index is 0.760. The molecule has 0 spiro atoms. The van der Waals surface area contributed by atoms with Gasteiger partial charge in [-0.15, -0.1) is 0 Å². The molecule has 1 rings (SSSR count). The zero-order valence-electron chi connectivity index (χ0n) is 9.13. The van der Waals surface area contributed by atoms with E-state index < -0.39 is 0 Å². The second-order valence-corrected chi connectivity index (χ2v) is 4.56. The van der Waals surface area contributed by atoms with Gasteiger partial charge >= 0.3 is 0 Å². The number of nitrogens with two attached hydrogens (primary N) is 1. The van der Waals surface area contributed by atoms with Gasteiger partial charge in [0, 0.05) is 12.6 Å². The maximum Gasteiger partial charge on any atom is 0.00923 e. The van der Waals surface area contributed by atoms with Crippen molar-refractivity contribution in [2.75, 3.05) is 20.1 Å². The minimum atomic E-state index is 0.760. The summed E-state index contributed by atoms with van der Waals surface area (Å²) in [6.07, 6.45) is 6.84. The van der Waals surface area contributed by atoms with Crippen LogP contribution >= 0.6 is 0 Å². The van der Waals surface area contributed by atoms with Gasteiger partial charge in [0.25, 0.3) is 0 Å². The van der Waals surface area contributed by atoms with E-state index in [4.69, 9.17) is 5.73 Å². The van der Waals surface area contributed by atoms with Crippen molar-refractivity contribution in [3.63, 3.8) is 0 Å². The molecule has 1 saturated carbocycles. The monoisotopic (exact) mass is 184 g/mol. The Morgan fingerprint density at radius 3 is 2.54 bits per heavy atom. The van der Waals surface area contributed by atoms with Crippen LogP contribution in [0.5, 0.6) is 0 Å². The number of hydrogen-bond acceptors (Lipinski definition) is 2. The van der Waals surface area contributed by atoms with E-state index in [1.54, 1.807) is 0 Å². The van der Waals surface area contributed by atoms with E-state index in [2.05, 4.69) is 18.9 Å². The first-order valence-electron chi connectivity index (χ1n) is 5.64. The van der Waals surface area contributed by atoms with Gasteiger partial charge < -0.3 is 10.6 Å². The SMILES string of the molecule is CC(CCN)CN(C)C1CCCC1. The number of hydrogen-bond donors (Lipinski definition) is 1. The van der Waals surface area contributed by atoms with Crippen molar-refractivity contribution in [2.24, 2.45) is 11.7 Å². The van der Waals surface area contributed by atoms with Crippen LogP contribution in [0.4, 0.5) is 0 Å². The van der Waals surface area contributed by atoms with Crippen molar-refractivity contribution in [1.82, 2.24) is 4.90 Å². The topological polar surface area (TPSA) is 29.3 Å². The molecule has 0 amide bonds. The summed E-state index contributed by atoms with van der Waals surface area (Å²) in [7, 11) is 2.27. The maximum absolute atomic E-state index is 5.54. The molecular formula is C11H24N2. The summed E-state index contributed by atoms with van der Waals surface area (Å²) in [5.74, 6) is 0.760. The summed E-state index contributed by atoms with van der Waals surface area (Å²) in [4.78, 5) is 2.54. The lowest BCUT2D eigenvalue weighted by atomic mass is 10.1. The molecule has 0 aromatic heterocycles. The highest BCUT2D eigenvalue weighted by molar-refractivity contribution is 4.76. The molecule has 1 atom stereocenters. The molecule has 2 heteroatoms. The van der Waals surface area contributed by atoms with Gasteiger partial charge in [0.05, 0.1) is 0 Å². The fourth-order valence-corrected chi connectivity index (χ4v) is 2.36. The van der Waals surface area contributed by atoms with Crippen LogP contribution in [0.15, 0.2) is 0 Å². The van der Waals surface area contributed by atoms with Crippen LogP contribution in [0, 0.1) is 5.92 Å². The predicted molar refractivity (Wildman–Crippen MR) is 57.7 cm³/mol. The first-order valence-corrected chi connectivity index (χ1v) is 5.64. The van der Waals surface area contributed by atoms with E-state index in [0.717, 1.165) is 24.9 Å². The Morgan fingerprint density at radius 2 is 2.00 bits per heavy atom. The summed E-state index contributed by atoms with van der Waals surface area (Å²) in [5, 5.41) is 0. The van der Waals surface area contributed by atoms with Gasteiger partial charge in [0.15, 0.2) is 0 Å². The summed E-state index contributed by atoms with van der Waals surface area (Å²) < 4.78 is 0. The number of nitrogens with zero attached hydrogens (tertiary/aromatic N) is 1. The van der Waals surface area contributed by atoms with Crippen molar-refractivity contribution in [3.8, 4) is 0 Å². The van der Waals surface area contributed by atoms with Crippen LogP contribution in [0.3, 0.4) is 0 Å². The lowest BCUT2D eigenvalue weighted by Gasteiger charge is -2.26. The Labute approximate surface area is 82.5 Å². The van der Waals surface area contributed by atoms with Crippen LogP contribution in [-0.2, 0) is 0 Å². The van der Waals surface area contributed by atoms with Crippen LogP contribution in [0.1, 0.15) is 39.0 Å². The second kappa shape index (κ2) is 5.61. The van der Waals surface area contributed by atoms with Gasteiger partial charge in [-0.2, -0.15) is 0 Å². The first-order chi connectivity index (χ1) is 6.24. The smallest absolute Gasteiger partial charge is 0.00923 e. The van der Waals surface area contributed by atoms with Gasteiger partial charge in [-0.25, -0.2) is 0 Å². The second-order valence-electron chi connectivity index (χ2n) is 4.56. The van der Waals surface area contributed by atoms with Crippen molar-refractivity contribution >= 4 is 0 Å². The largest absolute Gasteiger partial charge is 0.330 e. The number of rotatable bonds is 5. The molecule has 1 aliphatic carbocycles. The molecule has 1 fully saturated rings. The Balaban J connectivity index is 2.18. The molecule has 0 aromatic rings. The molecule has 78 valence electrons. The molecule has 13 heavy (non-hydrogen) atoms. The van der Waals surface area contributed by atoms with Crippen molar-refractivity contribution < 1.29 is 0 Å². The van der Waals surface area contributed by atoms with E-state index in [0.29, 0.717) is 0 Å². The molecule has 0 aliphatic heterocycles. The van der Waals surface area contributed by atoms with Crippen molar-refractivity contribution in [1.29, 1.82) is 0 Å². The average Bonchev–Trinajstić information content (AvgIpc) is 2.55. The molecule has 0 radical (unpaired) electrons. The maximum atomic E-state index is 5.54. The summed E-state index contributed by atoms with van der Waals surface area (Å²) in [6, 6.07) is 0.861. The van der Waals surface area contributed by atoms with Crippen LogP contribution in [0.2, 0.25) is 0 Å². The van der Waals surface area contributed by atoms with Gasteiger partial charge in [0.1, 0.15) is 0 Å². The van der Waals surface area contributed by atoms with Gasteiger partial charge in [0.2, 0.25) is 0 Å². The van der Waals surface area contributed by atoms with Crippen LogP contribution in [-0.4, -0.2) is 31.1 Å². The van der Waals surface area contributed by atoms with Crippen LogP contribution < -0.4 is 5.73 Å². The molecule has 1 unspecified atom stereocenters. The van der Waals surface area contributed by atoms with E-state index in [1.807, 2.05) is 0 Å². The van der Waals surface area contributed by atoms with Gasteiger partial charge in [-0.3, -0.25) is 0 Å². The fourth-order valence-electron chi connectivity index (χ4n) is 2.36. The zero-order chi connectivity index (χ0) is 9.68. The third-order valence-corrected chi connectivity index (χ3v) is 3.21. The molecular weight excluding hydrogens is 160 g/mol. The minimum Gasteiger partial charge on any atom is -0.330 e. The van der Waals surface area contributed by atoms with Gasteiger partial charge in [-0.05, 0) is 38.8 Å². The van der Waals surface area contributed by atoms with E-state index in [1.165, 1.54) is 32.2 Å². The molecule has 0 aromatic carbocycles. The average molecular weight is 184 g/mol. The Bertz CT molecular complexity index is 130. The molecule has 1 aliphatic rings. The standard InChI is InChI=1S/C11H24N2/c1-10(7-8-12)9-13(2)11-5-3-4-6-11/h10-11H,3-9,12H2,1-2H3. The molecule has 0 heterocycles. The molecule has 0 saturated heterocycles. The Morgan fingerprint density at radius 1 is 1.38 bits per heavy atom. The highest BCUT2D eigenvalue weighted by Gasteiger charge is 2.20. The quantitative estimate of drug-likeness (QED) is 0.706. The normalized spacial score (nSPS) is 21.2. The molecule has 0 bridgehead atoms. The summed E-state index contributed by atoms with van der Waals surface area (Å²) >= 11 is 0. The van der Waals surface area contributed by atoms with Crippen molar-refractivity contribution in [3.05, 3.63) is 0 Å². The third-order valence-electron chi connectivity index (χ3n) is 3.21. The lowest BCUT2D eigenvalue weighted by molar-refractivity contribution is 0.211. The van der Waals surface area contributed by atoms with E-state index in [-0.39, 0.29) is 0 Å². The zero-order valence-corrected chi connectivity index (χ0v) is 9.13. The van der Waals surface area contributed by atoms with Crippen LogP contribution in [0.25, 0.3) is 0 Å². The fraction of sp³-hybridized carbons (Fsp3) is 1.00. The lowest BCUT2D eigenvalue weighted by Crippen LogP contribution is -2.33. The molecule has 2 nitrogen and oxygen atoms in total. The summed E-state index contributed by atoms with van der Waals surface area (Å²) in [5.41, 5.74) is 5.54. The molecule has 2 N–H and O–H groups in total. The Kier molecular flexibility index (Phi) is 4.74. The first kappa shape index (κ1) is 11.0. The Hall–Kier alpha value is -0.0800. The van der Waals surface area contributed by atoms with E-state index >= 15 is 0 Å². The highest BCUT2D eigenvalue weighted by Crippen LogP contribution is 2.23.